The Bertz CT molecular complexity index is 482. The van der Waals surface area contributed by atoms with Crippen molar-refractivity contribution in [2.24, 2.45) is 0 Å². The van der Waals surface area contributed by atoms with Gasteiger partial charge in [0.1, 0.15) is 0 Å². The SMILES string of the molecule is O=C(CSc1nnc(NC2CC2)s1)NC1CCCCCCC1. The smallest absolute Gasteiger partial charge is 0.230 e. The van der Waals surface area contributed by atoms with Crippen molar-refractivity contribution >= 4 is 34.1 Å². The largest absolute Gasteiger partial charge is 0.357 e. The third-order valence-corrected chi connectivity index (χ3v) is 6.10. The lowest BCUT2D eigenvalue weighted by atomic mass is 9.97. The summed E-state index contributed by atoms with van der Waals surface area (Å²) in [5, 5.41) is 15.7. The minimum atomic E-state index is 0.127. The molecule has 1 amide bonds. The summed E-state index contributed by atoms with van der Waals surface area (Å²) in [6.45, 7) is 0. The monoisotopic (exact) mass is 340 g/mol. The zero-order valence-electron chi connectivity index (χ0n) is 12.8. The van der Waals surface area contributed by atoms with Crippen LogP contribution in [0.2, 0.25) is 0 Å². The van der Waals surface area contributed by atoms with Gasteiger partial charge in [0.05, 0.1) is 5.75 Å². The van der Waals surface area contributed by atoms with Crippen LogP contribution in [0, 0.1) is 0 Å². The lowest BCUT2D eigenvalue weighted by Gasteiger charge is -2.20. The standard InChI is InChI=1S/C15H24N4OS2/c20-13(16-11-6-4-2-1-3-5-7-11)10-21-15-19-18-14(22-15)17-12-8-9-12/h11-12H,1-10H2,(H,16,20)(H,17,18). The number of hydrogen-bond donors (Lipinski definition) is 2. The van der Waals surface area contributed by atoms with Gasteiger partial charge in [-0.25, -0.2) is 0 Å². The molecular formula is C15H24N4OS2. The molecule has 22 heavy (non-hydrogen) atoms. The van der Waals surface area contributed by atoms with E-state index in [9.17, 15) is 4.79 Å². The number of carbonyl (C=O) groups is 1. The molecule has 1 aromatic rings. The summed E-state index contributed by atoms with van der Waals surface area (Å²) in [6, 6.07) is 0.961. The van der Waals surface area contributed by atoms with Crippen molar-refractivity contribution < 1.29 is 4.79 Å². The molecule has 2 aliphatic rings. The van der Waals surface area contributed by atoms with E-state index in [4.69, 9.17) is 0 Å². The van der Waals surface area contributed by atoms with E-state index in [0.717, 1.165) is 22.3 Å². The predicted molar refractivity (Wildman–Crippen MR) is 91.5 cm³/mol. The Morgan fingerprint density at radius 3 is 2.50 bits per heavy atom. The molecule has 0 bridgehead atoms. The van der Waals surface area contributed by atoms with E-state index in [-0.39, 0.29) is 5.91 Å². The summed E-state index contributed by atoms with van der Waals surface area (Å²) in [4.78, 5) is 12.1. The number of hydrogen-bond acceptors (Lipinski definition) is 6. The van der Waals surface area contributed by atoms with Gasteiger partial charge in [-0.15, -0.1) is 10.2 Å². The molecule has 7 heteroatoms. The fraction of sp³-hybridized carbons (Fsp3) is 0.800. The summed E-state index contributed by atoms with van der Waals surface area (Å²) in [5.41, 5.74) is 0. The molecular weight excluding hydrogens is 316 g/mol. The van der Waals surface area contributed by atoms with Crippen molar-refractivity contribution in [2.75, 3.05) is 11.1 Å². The Balaban J connectivity index is 1.38. The maximum absolute atomic E-state index is 12.1. The first kappa shape index (κ1) is 16.1. The lowest BCUT2D eigenvalue weighted by Crippen LogP contribution is -2.36. The van der Waals surface area contributed by atoms with E-state index < -0.39 is 0 Å². The Labute approximate surface area is 140 Å². The van der Waals surface area contributed by atoms with Crippen LogP contribution in [-0.2, 0) is 4.79 Å². The number of anilines is 1. The fourth-order valence-corrected chi connectivity index (χ4v) is 4.37. The van der Waals surface area contributed by atoms with Gasteiger partial charge < -0.3 is 10.6 Å². The zero-order chi connectivity index (χ0) is 15.2. The van der Waals surface area contributed by atoms with Crippen LogP contribution in [0.25, 0.3) is 0 Å². The molecule has 2 saturated carbocycles. The normalized spacial score (nSPS) is 20.2. The van der Waals surface area contributed by atoms with Crippen LogP contribution >= 0.6 is 23.1 Å². The maximum atomic E-state index is 12.1. The number of thioether (sulfide) groups is 1. The number of aromatic nitrogens is 2. The van der Waals surface area contributed by atoms with Crippen LogP contribution in [0.5, 0.6) is 0 Å². The molecule has 0 saturated heterocycles. The summed E-state index contributed by atoms with van der Waals surface area (Å²) in [7, 11) is 0. The van der Waals surface area contributed by atoms with Crippen molar-refractivity contribution in [1.82, 2.24) is 15.5 Å². The highest BCUT2D eigenvalue weighted by Crippen LogP contribution is 2.30. The van der Waals surface area contributed by atoms with E-state index in [1.807, 2.05) is 0 Å². The van der Waals surface area contributed by atoms with Crippen LogP contribution < -0.4 is 10.6 Å². The molecule has 122 valence electrons. The van der Waals surface area contributed by atoms with Gasteiger partial charge in [-0.2, -0.15) is 0 Å². The van der Waals surface area contributed by atoms with Gasteiger partial charge in [0, 0.05) is 12.1 Å². The number of nitrogens with zero attached hydrogens (tertiary/aromatic N) is 2. The molecule has 3 rings (SSSR count). The molecule has 1 heterocycles. The molecule has 2 fully saturated rings. The number of carbonyl (C=O) groups excluding carboxylic acids is 1. The first-order valence-electron chi connectivity index (χ1n) is 8.32. The van der Waals surface area contributed by atoms with E-state index in [0.29, 0.717) is 17.8 Å². The zero-order valence-corrected chi connectivity index (χ0v) is 14.5. The summed E-state index contributed by atoms with van der Waals surface area (Å²) in [5.74, 6) is 0.566. The van der Waals surface area contributed by atoms with Crippen LogP contribution in [0.1, 0.15) is 57.8 Å². The van der Waals surface area contributed by atoms with E-state index in [2.05, 4.69) is 20.8 Å². The van der Waals surface area contributed by atoms with Crippen molar-refractivity contribution in [3.8, 4) is 0 Å². The first-order valence-corrected chi connectivity index (χ1v) is 10.1. The van der Waals surface area contributed by atoms with Gasteiger partial charge in [-0.05, 0) is 25.7 Å². The van der Waals surface area contributed by atoms with E-state index >= 15 is 0 Å². The fourth-order valence-electron chi connectivity index (χ4n) is 2.73. The summed E-state index contributed by atoms with van der Waals surface area (Å²) >= 11 is 3.03. The highest BCUT2D eigenvalue weighted by Gasteiger charge is 2.22. The number of amides is 1. The molecule has 0 unspecified atom stereocenters. The molecule has 0 atom stereocenters. The van der Waals surface area contributed by atoms with Gasteiger partial charge in [0.25, 0.3) is 0 Å². The summed E-state index contributed by atoms with van der Waals surface area (Å²) < 4.78 is 0.871. The Morgan fingerprint density at radius 2 is 1.77 bits per heavy atom. The van der Waals surface area contributed by atoms with Crippen LogP contribution in [0.3, 0.4) is 0 Å². The van der Waals surface area contributed by atoms with E-state index in [1.54, 1.807) is 11.3 Å². The van der Waals surface area contributed by atoms with Crippen LogP contribution in [0.4, 0.5) is 5.13 Å². The van der Waals surface area contributed by atoms with Gasteiger partial charge >= 0.3 is 0 Å². The molecule has 5 nitrogen and oxygen atoms in total. The number of nitrogens with one attached hydrogen (secondary N) is 2. The van der Waals surface area contributed by atoms with Gasteiger partial charge in [0.15, 0.2) is 4.34 Å². The molecule has 0 aromatic carbocycles. The van der Waals surface area contributed by atoms with Crippen molar-refractivity contribution in [3.63, 3.8) is 0 Å². The second-order valence-corrected chi connectivity index (χ2v) is 8.39. The molecule has 2 N–H and O–H groups in total. The maximum Gasteiger partial charge on any atom is 0.230 e. The van der Waals surface area contributed by atoms with E-state index in [1.165, 1.54) is 56.7 Å². The van der Waals surface area contributed by atoms with Crippen molar-refractivity contribution in [2.45, 2.75) is 74.2 Å². The second kappa shape index (κ2) is 8.15. The molecule has 0 spiro atoms. The van der Waals surface area contributed by atoms with Crippen molar-refractivity contribution in [3.05, 3.63) is 0 Å². The molecule has 2 aliphatic carbocycles. The molecule has 1 aromatic heterocycles. The topological polar surface area (TPSA) is 66.9 Å². The Kier molecular flexibility index (Phi) is 5.95. The average molecular weight is 341 g/mol. The third kappa shape index (κ3) is 5.43. The van der Waals surface area contributed by atoms with Gasteiger partial charge in [0.2, 0.25) is 11.0 Å². The minimum Gasteiger partial charge on any atom is -0.357 e. The van der Waals surface area contributed by atoms with Crippen molar-refractivity contribution in [1.29, 1.82) is 0 Å². The predicted octanol–water partition coefficient (Wildman–Crippen LogP) is 3.43. The third-order valence-electron chi connectivity index (χ3n) is 4.11. The Hall–Kier alpha value is -0.820. The minimum absolute atomic E-state index is 0.127. The van der Waals surface area contributed by atoms with Crippen LogP contribution in [0.15, 0.2) is 4.34 Å². The lowest BCUT2D eigenvalue weighted by molar-refractivity contribution is -0.119. The quantitative estimate of drug-likeness (QED) is 0.777. The molecule has 0 aliphatic heterocycles. The summed E-state index contributed by atoms with van der Waals surface area (Å²) in [6.07, 6.45) is 11.2. The van der Waals surface area contributed by atoms with Gasteiger partial charge in [-0.1, -0.05) is 55.2 Å². The van der Waals surface area contributed by atoms with Crippen LogP contribution in [-0.4, -0.2) is 33.9 Å². The number of rotatable bonds is 6. The Morgan fingerprint density at radius 1 is 1.05 bits per heavy atom. The highest BCUT2D eigenvalue weighted by molar-refractivity contribution is 8.01. The average Bonchev–Trinajstić information content (AvgIpc) is 3.17. The molecule has 0 radical (unpaired) electrons. The second-order valence-electron chi connectivity index (χ2n) is 6.19. The highest BCUT2D eigenvalue weighted by atomic mass is 32.2. The first-order chi connectivity index (χ1) is 10.8. The van der Waals surface area contributed by atoms with Gasteiger partial charge in [-0.3, -0.25) is 4.79 Å².